The molecule has 0 spiro atoms. The van der Waals surface area contributed by atoms with E-state index in [1.165, 1.54) is 0 Å². The van der Waals surface area contributed by atoms with Gasteiger partial charge in [0, 0.05) is 0 Å². The zero-order valence-electron chi connectivity index (χ0n) is 9.28. The zero-order chi connectivity index (χ0) is 12.1. The number of rotatable bonds is 4. The van der Waals surface area contributed by atoms with Crippen molar-refractivity contribution in [2.45, 2.75) is 5.16 Å². The molecule has 2 aromatic rings. The predicted molar refractivity (Wildman–Crippen MR) is 68.4 cm³/mol. The second-order valence-corrected chi connectivity index (χ2v) is 4.79. The van der Waals surface area contributed by atoms with Gasteiger partial charge in [-0.3, -0.25) is 4.57 Å². The molecule has 0 fully saturated rings. The molecule has 86 valence electrons. The van der Waals surface area contributed by atoms with E-state index in [9.17, 15) is 9.67 Å². The molecule has 2 aromatic carbocycles. The molecule has 3 heteroatoms. The first-order valence-corrected chi connectivity index (χ1v) is 6.21. The SMILES string of the molecule is O=PC(CO)(c1ccccc1)c1ccccc1. The van der Waals surface area contributed by atoms with Gasteiger partial charge in [-0.1, -0.05) is 60.7 Å². The van der Waals surface area contributed by atoms with Crippen LogP contribution in [0.5, 0.6) is 0 Å². The lowest BCUT2D eigenvalue weighted by Gasteiger charge is -2.25. The van der Waals surface area contributed by atoms with Crippen LogP contribution in [-0.4, -0.2) is 11.7 Å². The first-order valence-electron chi connectivity index (χ1n) is 5.40. The molecule has 0 saturated heterocycles. The molecule has 0 aliphatic heterocycles. The third-order valence-electron chi connectivity index (χ3n) is 2.89. The highest BCUT2D eigenvalue weighted by molar-refractivity contribution is 7.26. The lowest BCUT2D eigenvalue weighted by atomic mass is 9.91. The van der Waals surface area contributed by atoms with Gasteiger partial charge < -0.3 is 5.11 Å². The van der Waals surface area contributed by atoms with Crippen LogP contribution < -0.4 is 0 Å². The van der Waals surface area contributed by atoms with Crippen LogP contribution in [0.1, 0.15) is 11.1 Å². The summed E-state index contributed by atoms with van der Waals surface area (Å²) in [5, 5.41) is 8.82. The van der Waals surface area contributed by atoms with E-state index in [-0.39, 0.29) is 15.1 Å². The molecule has 17 heavy (non-hydrogen) atoms. The van der Waals surface area contributed by atoms with Gasteiger partial charge >= 0.3 is 0 Å². The van der Waals surface area contributed by atoms with Gasteiger partial charge in [0.1, 0.15) is 5.16 Å². The van der Waals surface area contributed by atoms with E-state index in [4.69, 9.17) is 0 Å². The van der Waals surface area contributed by atoms with Gasteiger partial charge in [-0.2, -0.15) is 0 Å². The molecule has 2 nitrogen and oxygen atoms in total. The maximum atomic E-state index is 11.6. The lowest BCUT2D eigenvalue weighted by molar-refractivity contribution is 0.263. The van der Waals surface area contributed by atoms with Crippen molar-refractivity contribution in [3.8, 4) is 0 Å². The minimum atomic E-state index is -0.859. The van der Waals surface area contributed by atoms with E-state index in [0.717, 1.165) is 11.1 Å². The van der Waals surface area contributed by atoms with Gasteiger partial charge in [-0.05, 0) is 11.1 Å². The number of benzene rings is 2. The van der Waals surface area contributed by atoms with Crippen LogP contribution in [0, 0.1) is 0 Å². The molecule has 0 aliphatic rings. The number of hydrogen-bond acceptors (Lipinski definition) is 2. The molecule has 0 saturated carbocycles. The van der Waals surface area contributed by atoms with Crippen LogP contribution in [0.3, 0.4) is 0 Å². The van der Waals surface area contributed by atoms with Gasteiger partial charge in [0.05, 0.1) is 6.61 Å². The van der Waals surface area contributed by atoms with Gasteiger partial charge in [-0.25, -0.2) is 0 Å². The highest BCUT2D eigenvalue weighted by Gasteiger charge is 2.34. The van der Waals surface area contributed by atoms with Crippen LogP contribution in [0.2, 0.25) is 0 Å². The number of hydrogen-bond donors (Lipinski definition) is 1. The van der Waals surface area contributed by atoms with Crippen molar-refractivity contribution in [3.63, 3.8) is 0 Å². The van der Waals surface area contributed by atoms with Crippen LogP contribution in [0.4, 0.5) is 0 Å². The Kier molecular flexibility index (Phi) is 3.68. The van der Waals surface area contributed by atoms with E-state index >= 15 is 0 Å². The summed E-state index contributed by atoms with van der Waals surface area (Å²) in [7, 11) is -0.101. The van der Waals surface area contributed by atoms with Gasteiger partial charge in [0.2, 0.25) is 0 Å². The van der Waals surface area contributed by atoms with Crippen LogP contribution in [0.15, 0.2) is 60.7 Å². The zero-order valence-corrected chi connectivity index (χ0v) is 10.2. The minimum Gasteiger partial charge on any atom is -0.394 e. The fraction of sp³-hybridized carbons (Fsp3) is 0.143. The van der Waals surface area contributed by atoms with Crippen molar-refractivity contribution < 1.29 is 9.67 Å². The summed E-state index contributed by atoms with van der Waals surface area (Å²) in [5.41, 5.74) is 1.70. The first kappa shape index (κ1) is 12.0. The standard InChI is InChI=1S/C14H13O2P/c15-11-14(17-16,12-7-3-1-4-8-12)13-9-5-2-6-10-13/h1-10,15H,11H2. The Morgan fingerprint density at radius 1 is 0.882 bits per heavy atom. The molecule has 0 amide bonds. The highest BCUT2D eigenvalue weighted by atomic mass is 31.1. The second-order valence-electron chi connectivity index (χ2n) is 3.84. The Balaban J connectivity index is 2.58. The fourth-order valence-electron chi connectivity index (χ4n) is 1.91. The van der Waals surface area contributed by atoms with Gasteiger partial charge in [0.25, 0.3) is 0 Å². The maximum Gasteiger partial charge on any atom is 0.174 e. The average molecular weight is 244 g/mol. The topological polar surface area (TPSA) is 37.3 Å². The normalized spacial score (nSPS) is 11.6. The Bertz CT molecular complexity index is 443. The number of aliphatic hydroxyl groups excluding tert-OH is 1. The van der Waals surface area contributed by atoms with Crippen molar-refractivity contribution in [1.82, 2.24) is 0 Å². The van der Waals surface area contributed by atoms with Crippen LogP contribution >= 0.6 is 8.46 Å². The van der Waals surface area contributed by atoms with Crippen molar-refractivity contribution in [3.05, 3.63) is 71.8 Å². The summed E-state index contributed by atoms with van der Waals surface area (Å²) in [6, 6.07) is 18.9. The molecular weight excluding hydrogens is 231 g/mol. The maximum absolute atomic E-state index is 11.6. The first-order chi connectivity index (χ1) is 8.33. The third-order valence-corrected chi connectivity index (χ3v) is 3.86. The molecule has 0 unspecified atom stereocenters. The summed E-state index contributed by atoms with van der Waals surface area (Å²) >= 11 is 0. The van der Waals surface area contributed by atoms with E-state index < -0.39 is 5.16 Å². The quantitative estimate of drug-likeness (QED) is 0.838. The van der Waals surface area contributed by atoms with E-state index in [1.807, 2.05) is 60.7 Å². The van der Waals surface area contributed by atoms with E-state index in [0.29, 0.717) is 0 Å². The van der Waals surface area contributed by atoms with E-state index in [2.05, 4.69) is 0 Å². The molecule has 0 aromatic heterocycles. The van der Waals surface area contributed by atoms with Crippen molar-refractivity contribution >= 4 is 8.46 Å². The molecule has 0 aliphatic carbocycles. The molecule has 0 heterocycles. The molecule has 2 rings (SSSR count). The van der Waals surface area contributed by atoms with E-state index in [1.54, 1.807) is 0 Å². The summed E-state index contributed by atoms with van der Waals surface area (Å²) in [5.74, 6) is 0. The monoisotopic (exact) mass is 244 g/mol. The molecule has 1 N–H and O–H groups in total. The van der Waals surface area contributed by atoms with Gasteiger partial charge in [-0.15, -0.1) is 0 Å². The third kappa shape index (κ3) is 2.14. The fourth-order valence-corrected chi connectivity index (χ4v) is 2.48. The minimum absolute atomic E-state index is 0.101. The van der Waals surface area contributed by atoms with Crippen molar-refractivity contribution in [1.29, 1.82) is 0 Å². The molecule has 0 bridgehead atoms. The Morgan fingerprint density at radius 2 is 1.29 bits per heavy atom. The van der Waals surface area contributed by atoms with Crippen molar-refractivity contribution in [2.75, 3.05) is 6.61 Å². The Hall–Kier alpha value is -1.50. The molecule has 0 atom stereocenters. The summed E-state index contributed by atoms with van der Waals surface area (Å²) in [6.45, 7) is -0.188. The van der Waals surface area contributed by atoms with Gasteiger partial charge in [0.15, 0.2) is 8.46 Å². The van der Waals surface area contributed by atoms with Crippen molar-refractivity contribution in [2.24, 2.45) is 0 Å². The molecular formula is C14H13O2P. The Labute approximate surface area is 102 Å². The largest absolute Gasteiger partial charge is 0.394 e. The highest BCUT2D eigenvalue weighted by Crippen LogP contribution is 2.41. The second kappa shape index (κ2) is 5.22. The Morgan fingerprint density at radius 3 is 1.59 bits per heavy atom. The smallest absolute Gasteiger partial charge is 0.174 e. The summed E-state index contributed by atoms with van der Waals surface area (Å²) in [6.07, 6.45) is 0. The summed E-state index contributed by atoms with van der Waals surface area (Å²) < 4.78 is 11.6. The molecule has 0 radical (unpaired) electrons. The summed E-state index contributed by atoms with van der Waals surface area (Å²) in [4.78, 5) is 0. The predicted octanol–water partition coefficient (Wildman–Crippen LogP) is 3.21. The van der Waals surface area contributed by atoms with Crippen LogP contribution in [0.25, 0.3) is 0 Å². The lowest BCUT2D eigenvalue weighted by Crippen LogP contribution is -2.25. The van der Waals surface area contributed by atoms with Crippen LogP contribution in [-0.2, 0) is 9.72 Å². The average Bonchev–Trinajstić information content (AvgIpc) is 2.43. The number of aliphatic hydroxyl groups is 1.